The van der Waals surface area contributed by atoms with Crippen LogP contribution in [0.4, 0.5) is 0 Å². The van der Waals surface area contributed by atoms with Crippen molar-refractivity contribution in [2.24, 2.45) is 0 Å². The van der Waals surface area contributed by atoms with E-state index in [2.05, 4.69) is 10.3 Å². The molecule has 1 fully saturated rings. The number of piperidine rings is 1. The predicted octanol–water partition coefficient (Wildman–Crippen LogP) is 3.13. The molecule has 0 spiro atoms. The van der Waals surface area contributed by atoms with Gasteiger partial charge in [0, 0.05) is 11.1 Å². The van der Waals surface area contributed by atoms with E-state index in [1.165, 1.54) is 0 Å². The minimum absolute atomic E-state index is 0. The fourth-order valence-electron chi connectivity index (χ4n) is 2.45. The first-order valence-corrected chi connectivity index (χ1v) is 6.50. The van der Waals surface area contributed by atoms with Crippen LogP contribution in [0.3, 0.4) is 0 Å². The Bertz CT molecular complexity index is 641. The summed E-state index contributed by atoms with van der Waals surface area (Å²) in [7, 11) is 0. The number of nitrogens with zero attached hydrogens (tertiary/aromatic N) is 2. The first-order valence-electron chi connectivity index (χ1n) is 6.13. The summed E-state index contributed by atoms with van der Waals surface area (Å²) in [6, 6.07) is 5.48. The minimum Gasteiger partial charge on any atom is -0.317 e. The van der Waals surface area contributed by atoms with Crippen molar-refractivity contribution in [2.45, 2.75) is 18.9 Å². The standard InChI is InChI=1S/C13H14ClN3O.2BrH/c14-9-1-2-12-11(7-9)13(18)17(8-16-12)10-3-5-15-6-4-10;;/h1-2,7-8,10,15H,3-6H2;2*1H. The van der Waals surface area contributed by atoms with E-state index < -0.39 is 0 Å². The number of nitrogens with one attached hydrogen (secondary N) is 1. The monoisotopic (exact) mass is 423 g/mol. The fourth-order valence-corrected chi connectivity index (χ4v) is 2.63. The zero-order valence-electron chi connectivity index (χ0n) is 10.7. The summed E-state index contributed by atoms with van der Waals surface area (Å²) >= 11 is 5.94. The van der Waals surface area contributed by atoms with Crippen LogP contribution in [0.15, 0.2) is 29.3 Å². The third-order valence-corrected chi connectivity index (χ3v) is 3.68. The number of aromatic nitrogens is 2. The molecule has 20 heavy (non-hydrogen) atoms. The van der Waals surface area contributed by atoms with Crippen molar-refractivity contribution in [3.63, 3.8) is 0 Å². The lowest BCUT2D eigenvalue weighted by Gasteiger charge is -2.24. The van der Waals surface area contributed by atoms with Gasteiger partial charge in [0.2, 0.25) is 0 Å². The Hall–Kier alpha value is -0.430. The van der Waals surface area contributed by atoms with Crippen molar-refractivity contribution in [3.8, 4) is 0 Å². The van der Waals surface area contributed by atoms with Crippen molar-refractivity contribution in [1.29, 1.82) is 0 Å². The largest absolute Gasteiger partial charge is 0.317 e. The SMILES string of the molecule is Br.Br.O=c1c2cc(Cl)ccc2ncn1C1CCNCC1. The average molecular weight is 426 g/mol. The van der Waals surface area contributed by atoms with E-state index in [1.54, 1.807) is 29.1 Å². The van der Waals surface area contributed by atoms with E-state index in [1.807, 2.05) is 0 Å². The van der Waals surface area contributed by atoms with E-state index >= 15 is 0 Å². The summed E-state index contributed by atoms with van der Waals surface area (Å²) in [5, 5.41) is 4.47. The second-order valence-corrected chi connectivity index (χ2v) is 5.04. The molecule has 0 atom stereocenters. The molecule has 0 aliphatic carbocycles. The van der Waals surface area contributed by atoms with E-state index in [9.17, 15) is 4.79 Å². The first kappa shape index (κ1) is 17.6. The van der Waals surface area contributed by atoms with E-state index in [0.29, 0.717) is 15.9 Å². The molecule has 3 rings (SSSR count). The Morgan fingerprint density at radius 3 is 2.65 bits per heavy atom. The highest BCUT2D eigenvalue weighted by Crippen LogP contribution is 2.19. The maximum atomic E-state index is 12.4. The molecule has 1 aromatic heterocycles. The van der Waals surface area contributed by atoms with Gasteiger partial charge in [-0.2, -0.15) is 0 Å². The molecule has 0 radical (unpaired) electrons. The fraction of sp³-hybridized carbons (Fsp3) is 0.385. The number of hydrogen-bond acceptors (Lipinski definition) is 3. The molecular formula is C13H16Br2ClN3O. The van der Waals surface area contributed by atoms with Crippen LogP contribution in [-0.2, 0) is 0 Å². The van der Waals surface area contributed by atoms with Gasteiger partial charge in [-0.3, -0.25) is 9.36 Å². The highest BCUT2D eigenvalue weighted by Gasteiger charge is 2.17. The van der Waals surface area contributed by atoms with Crippen LogP contribution in [0, 0.1) is 0 Å². The molecule has 2 aromatic rings. The topological polar surface area (TPSA) is 46.9 Å². The normalized spacial score (nSPS) is 15.4. The van der Waals surface area contributed by atoms with Crippen LogP contribution in [0.1, 0.15) is 18.9 Å². The first-order chi connectivity index (χ1) is 8.75. The molecule has 1 aliphatic rings. The van der Waals surface area contributed by atoms with Crippen LogP contribution >= 0.6 is 45.6 Å². The number of benzene rings is 1. The molecule has 1 N–H and O–H groups in total. The van der Waals surface area contributed by atoms with Gasteiger partial charge in [-0.25, -0.2) is 4.98 Å². The van der Waals surface area contributed by atoms with Gasteiger partial charge in [0.15, 0.2) is 0 Å². The lowest BCUT2D eigenvalue weighted by Crippen LogP contribution is -2.34. The van der Waals surface area contributed by atoms with Crippen molar-refractivity contribution in [1.82, 2.24) is 14.9 Å². The highest BCUT2D eigenvalue weighted by molar-refractivity contribution is 8.93. The van der Waals surface area contributed by atoms with Gasteiger partial charge in [-0.1, -0.05) is 11.6 Å². The van der Waals surface area contributed by atoms with Crippen LogP contribution < -0.4 is 10.9 Å². The molecule has 0 unspecified atom stereocenters. The summed E-state index contributed by atoms with van der Waals surface area (Å²) in [6.07, 6.45) is 3.59. The van der Waals surface area contributed by atoms with Gasteiger partial charge < -0.3 is 5.32 Å². The van der Waals surface area contributed by atoms with Crippen LogP contribution in [0.25, 0.3) is 10.9 Å². The molecule has 1 saturated heterocycles. The Kier molecular flexibility index (Phi) is 6.64. The van der Waals surface area contributed by atoms with E-state index in [-0.39, 0.29) is 45.6 Å². The smallest absolute Gasteiger partial charge is 0.261 e. The molecule has 4 nitrogen and oxygen atoms in total. The maximum absolute atomic E-state index is 12.4. The molecule has 0 bridgehead atoms. The van der Waals surface area contributed by atoms with Crippen molar-refractivity contribution < 1.29 is 0 Å². The zero-order chi connectivity index (χ0) is 12.5. The Morgan fingerprint density at radius 2 is 1.95 bits per heavy atom. The summed E-state index contributed by atoms with van der Waals surface area (Å²) in [6.45, 7) is 1.90. The second-order valence-electron chi connectivity index (χ2n) is 4.60. The molecule has 0 saturated carbocycles. The molecule has 1 aliphatic heterocycles. The Balaban J connectivity index is 0.000001000. The van der Waals surface area contributed by atoms with Crippen LogP contribution in [0.5, 0.6) is 0 Å². The molecular weight excluding hydrogens is 409 g/mol. The van der Waals surface area contributed by atoms with Gasteiger partial charge in [0.1, 0.15) is 0 Å². The molecule has 1 aromatic carbocycles. The lowest BCUT2D eigenvalue weighted by atomic mass is 10.1. The van der Waals surface area contributed by atoms with Gasteiger partial charge in [0.25, 0.3) is 5.56 Å². The zero-order valence-corrected chi connectivity index (χ0v) is 14.9. The summed E-state index contributed by atoms with van der Waals surface area (Å²) in [4.78, 5) is 16.8. The van der Waals surface area contributed by atoms with Crippen LogP contribution in [-0.4, -0.2) is 22.6 Å². The minimum atomic E-state index is 0. The van der Waals surface area contributed by atoms with Crippen molar-refractivity contribution in [3.05, 3.63) is 39.9 Å². The molecule has 0 amide bonds. The van der Waals surface area contributed by atoms with Gasteiger partial charge >= 0.3 is 0 Å². The van der Waals surface area contributed by atoms with Gasteiger partial charge in [-0.15, -0.1) is 34.0 Å². The third kappa shape index (κ3) is 3.42. The van der Waals surface area contributed by atoms with E-state index in [0.717, 1.165) is 25.9 Å². The molecule has 7 heteroatoms. The second kappa shape index (κ2) is 7.54. The van der Waals surface area contributed by atoms with Crippen molar-refractivity contribution in [2.75, 3.05) is 13.1 Å². The number of rotatable bonds is 1. The van der Waals surface area contributed by atoms with E-state index in [4.69, 9.17) is 11.6 Å². The summed E-state index contributed by atoms with van der Waals surface area (Å²) in [5.41, 5.74) is 0.712. The molecule has 110 valence electrons. The highest BCUT2D eigenvalue weighted by atomic mass is 79.9. The Morgan fingerprint density at radius 1 is 1.25 bits per heavy atom. The third-order valence-electron chi connectivity index (χ3n) is 3.45. The number of hydrogen-bond donors (Lipinski definition) is 1. The summed E-state index contributed by atoms with van der Waals surface area (Å²) in [5.74, 6) is 0. The molecule has 2 heterocycles. The average Bonchev–Trinajstić information content (AvgIpc) is 2.41. The lowest BCUT2D eigenvalue weighted by molar-refractivity contribution is 0.359. The maximum Gasteiger partial charge on any atom is 0.261 e. The number of halogens is 3. The number of fused-ring (bicyclic) bond motifs is 1. The van der Waals surface area contributed by atoms with Gasteiger partial charge in [0.05, 0.1) is 17.2 Å². The van der Waals surface area contributed by atoms with Gasteiger partial charge in [-0.05, 0) is 44.1 Å². The predicted molar refractivity (Wildman–Crippen MR) is 92.8 cm³/mol. The Labute approximate surface area is 143 Å². The quantitative estimate of drug-likeness (QED) is 0.764. The summed E-state index contributed by atoms with van der Waals surface area (Å²) < 4.78 is 1.75. The van der Waals surface area contributed by atoms with Crippen LogP contribution in [0.2, 0.25) is 5.02 Å². The van der Waals surface area contributed by atoms with Crippen molar-refractivity contribution >= 4 is 56.5 Å².